The third kappa shape index (κ3) is 2.27. The Bertz CT molecular complexity index is 634. The summed E-state index contributed by atoms with van der Waals surface area (Å²) in [7, 11) is 1.81. The predicted molar refractivity (Wildman–Crippen MR) is 78.7 cm³/mol. The highest BCUT2D eigenvalue weighted by Crippen LogP contribution is 2.34. The molecule has 0 saturated heterocycles. The lowest BCUT2D eigenvalue weighted by Gasteiger charge is -2.30. The molecular weight excluding hydrogens is 252 g/mol. The lowest BCUT2D eigenvalue weighted by molar-refractivity contribution is -0.117. The van der Waals surface area contributed by atoms with Crippen molar-refractivity contribution in [3.8, 4) is 0 Å². The SMILES string of the molecule is CC1CC(C(=O)Nc2ccnn2C)c2ccccc2N1. The van der Waals surface area contributed by atoms with Crippen LogP contribution in [0.1, 0.15) is 24.8 Å². The zero-order chi connectivity index (χ0) is 14.1. The fraction of sp³-hybridized carbons (Fsp3) is 0.333. The van der Waals surface area contributed by atoms with Crippen molar-refractivity contribution in [2.75, 3.05) is 10.6 Å². The highest BCUT2D eigenvalue weighted by atomic mass is 16.2. The number of hydrogen-bond acceptors (Lipinski definition) is 3. The standard InChI is InChI=1S/C15H18N4O/c1-10-9-12(11-5-3-4-6-13(11)17-10)15(20)18-14-7-8-16-19(14)2/h3-8,10,12,17H,9H2,1-2H3,(H,18,20). The molecule has 2 aromatic rings. The van der Waals surface area contributed by atoms with Crippen molar-refractivity contribution in [3.63, 3.8) is 0 Å². The van der Waals surface area contributed by atoms with E-state index in [1.54, 1.807) is 16.9 Å². The van der Waals surface area contributed by atoms with Gasteiger partial charge in [0.15, 0.2) is 0 Å². The molecule has 2 heterocycles. The molecule has 1 aliphatic heterocycles. The van der Waals surface area contributed by atoms with Gasteiger partial charge in [0, 0.05) is 24.8 Å². The summed E-state index contributed by atoms with van der Waals surface area (Å²) in [5, 5.41) is 10.4. The highest BCUT2D eigenvalue weighted by molar-refractivity contribution is 5.96. The van der Waals surface area contributed by atoms with Crippen molar-refractivity contribution >= 4 is 17.4 Å². The third-order valence-corrected chi connectivity index (χ3v) is 3.72. The molecule has 20 heavy (non-hydrogen) atoms. The van der Waals surface area contributed by atoms with E-state index in [1.807, 2.05) is 31.3 Å². The minimum atomic E-state index is -0.127. The number of anilines is 2. The van der Waals surface area contributed by atoms with E-state index >= 15 is 0 Å². The maximum absolute atomic E-state index is 12.5. The van der Waals surface area contributed by atoms with E-state index in [2.05, 4.69) is 22.7 Å². The fourth-order valence-corrected chi connectivity index (χ4v) is 2.70. The number of carbonyl (C=O) groups excluding carboxylic acids is 1. The molecule has 3 rings (SSSR count). The maximum Gasteiger partial charge on any atom is 0.233 e. The molecule has 0 saturated carbocycles. The van der Waals surface area contributed by atoms with Gasteiger partial charge >= 0.3 is 0 Å². The van der Waals surface area contributed by atoms with Gasteiger partial charge in [0.1, 0.15) is 5.82 Å². The van der Waals surface area contributed by atoms with E-state index in [9.17, 15) is 4.79 Å². The van der Waals surface area contributed by atoms with E-state index in [-0.39, 0.29) is 17.9 Å². The van der Waals surface area contributed by atoms with Crippen LogP contribution in [0.2, 0.25) is 0 Å². The topological polar surface area (TPSA) is 59.0 Å². The van der Waals surface area contributed by atoms with E-state index in [0.717, 1.165) is 23.5 Å². The van der Waals surface area contributed by atoms with Crippen LogP contribution in [-0.2, 0) is 11.8 Å². The molecule has 0 radical (unpaired) electrons. The molecule has 0 fully saturated rings. The second-order valence-electron chi connectivity index (χ2n) is 5.25. The first-order valence-corrected chi connectivity index (χ1v) is 6.79. The summed E-state index contributed by atoms with van der Waals surface area (Å²) in [4.78, 5) is 12.5. The molecule has 1 aliphatic rings. The molecule has 5 nitrogen and oxygen atoms in total. The van der Waals surface area contributed by atoms with Crippen molar-refractivity contribution < 1.29 is 4.79 Å². The zero-order valence-corrected chi connectivity index (χ0v) is 11.6. The Hall–Kier alpha value is -2.30. The van der Waals surface area contributed by atoms with E-state index < -0.39 is 0 Å². The number of aryl methyl sites for hydroxylation is 1. The number of nitrogens with zero attached hydrogens (tertiary/aromatic N) is 2. The Balaban J connectivity index is 1.86. The molecule has 0 aliphatic carbocycles. The number of aromatic nitrogens is 2. The Labute approximate surface area is 118 Å². The van der Waals surface area contributed by atoms with Gasteiger partial charge in [0.2, 0.25) is 5.91 Å². The average molecular weight is 270 g/mol. The summed E-state index contributed by atoms with van der Waals surface area (Å²) < 4.78 is 1.66. The molecule has 1 aromatic carbocycles. The first-order valence-electron chi connectivity index (χ1n) is 6.79. The van der Waals surface area contributed by atoms with E-state index in [0.29, 0.717) is 0 Å². The highest BCUT2D eigenvalue weighted by Gasteiger charge is 2.29. The summed E-state index contributed by atoms with van der Waals surface area (Å²) in [6.45, 7) is 2.10. The van der Waals surface area contributed by atoms with Crippen molar-refractivity contribution in [3.05, 3.63) is 42.1 Å². The van der Waals surface area contributed by atoms with Crippen molar-refractivity contribution in [1.82, 2.24) is 9.78 Å². The zero-order valence-electron chi connectivity index (χ0n) is 11.6. The lowest BCUT2D eigenvalue weighted by atomic mass is 9.87. The van der Waals surface area contributed by atoms with Crippen LogP contribution in [0, 0.1) is 0 Å². The van der Waals surface area contributed by atoms with Gasteiger partial charge in [-0.25, -0.2) is 0 Å². The Morgan fingerprint density at radius 2 is 2.20 bits per heavy atom. The summed E-state index contributed by atoms with van der Waals surface area (Å²) in [5.74, 6) is 0.616. The van der Waals surface area contributed by atoms with Crippen LogP contribution in [-0.4, -0.2) is 21.7 Å². The molecule has 104 valence electrons. The van der Waals surface area contributed by atoms with E-state index in [1.165, 1.54) is 0 Å². The van der Waals surface area contributed by atoms with Crippen LogP contribution in [0.25, 0.3) is 0 Å². The molecule has 2 unspecified atom stereocenters. The van der Waals surface area contributed by atoms with Gasteiger partial charge < -0.3 is 10.6 Å². The second-order valence-corrected chi connectivity index (χ2v) is 5.25. The van der Waals surface area contributed by atoms with Crippen LogP contribution in [0.15, 0.2) is 36.5 Å². The number of amides is 1. The van der Waals surface area contributed by atoms with Gasteiger partial charge in [-0.05, 0) is 25.0 Å². The maximum atomic E-state index is 12.5. The molecular formula is C15H18N4O. The quantitative estimate of drug-likeness (QED) is 0.880. The average Bonchev–Trinajstić information content (AvgIpc) is 2.83. The van der Waals surface area contributed by atoms with Crippen LogP contribution in [0.3, 0.4) is 0 Å². The minimum absolute atomic E-state index is 0.0226. The first kappa shape index (κ1) is 12.7. The van der Waals surface area contributed by atoms with Gasteiger partial charge in [0.25, 0.3) is 0 Å². The van der Waals surface area contributed by atoms with Crippen molar-refractivity contribution in [1.29, 1.82) is 0 Å². The normalized spacial score (nSPS) is 20.9. The van der Waals surface area contributed by atoms with Gasteiger partial charge in [-0.3, -0.25) is 9.48 Å². The number of nitrogens with one attached hydrogen (secondary N) is 2. The molecule has 2 atom stereocenters. The Morgan fingerprint density at radius 3 is 2.95 bits per heavy atom. The number of rotatable bonds is 2. The first-order chi connectivity index (χ1) is 9.65. The Morgan fingerprint density at radius 1 is 1.40 bits per heavy atom. The minimum Gasteiger partial charge on any atom is -0.382 e. The van der Waals surface area contributed by atoms with Crippen LogP contribution < -0.4 is 10.6 Å². The van der Waals surface area contributed by atoms with Crippen LogP contribution >= 0.6 is 0 Å². The number of benzene rings is 1. The molecule has 1 aromatic heterocycles. The van der Waals surface area contributed by atoms with E-state index in [4.69, 9.17) is 0 Å². The summed E-state index contributed by atoms with van der Waals surface area (Å²) >= 11 is 0. The number of hydrogen-bond donors (Lipinski definition) is 2. The molecule has 0 spiro atoms. The summed E-state index contributed by atoms with van der Waals surface area (Å²) in [6.07, 6.45) is 2.47. The van der Waals surface area contributed by atoms with Crippen LogP contribution in [0.5, 0.6) is 0 Å². The fourth-order valence-electron chi connectivity index (χ4n) is 2.70. The van der Waals surface area contributed by atoms with Gasteiger partial charge in [-0.2, -0.15) is 5.10 Å². The van der Waals surface area contributed by atoms with Gasteiger partial charge in [0.05, 0.1) is 12.1 Å². The molecule has 5 heteroatoms. The largest absolute Gasteiger partial charge is 0.382 e. The monoisotopic (exact) mass is 270 g/mol. The Kier molecular flexibility index (Phi) is 3.18. The lowest BCUT2D eigenvalue weighted by Crippen LogP contribution is -2.32. The predicted octanol–water partition coefficient (Wildman–Crippen LogP) is 2.35. The van der Waals surface area contributed by atoms with Crippen molar-refractivity contribution in [2.45, 2.75) is 25.3 Å². The number of para-hydroxylation sites is 1. The smallest absolute Gasteiger partial charge is 0.233 e. The molecule has 1 amide bonds. The van der Waals surface area contributed by atoms with Crippen LogP contribution in [0.4, 0.5) is 11.5 Å². The molecule has 2 N–H and O–H groups in total. The number of fused-ring (bicyclic) bond motifs is 1. The van der Waals surface area contributed by atoms with Gasteiger partial charge in [-0.1, -0.05) is 18.2 Å². The summed E-state index contributed by atoms with van der Waals surface area (Å²) in [6, 6.07) is 10.1. The second kappa shape index (κ2) is 5.00. The van der Waals surface area contributed by atoms with Crippen molar-refractivity contribution in [2.24, 2.45) is 7.05 Å². The van der Waals surface area contributed by atoms with Gasteiger partial charge in [-0.15, -0.1) is 0 Å². The third-order valence-electron chi connectivity index (χ3n) is 3.72. The molecule has 0 bridgehead atoms. The number of carbonyl (C=O) groups is 1. The summed E-state index contributed by atoms with van der Waals surface area (Å²) in [5.41, 5.74) is 2.11.